The molecule has 3 N–H and O–H groups in total. The first-order valence-corrected chi connectivity index (χ1v) is 46.8. The predicted octanol–water partition coefficient (Wildman–Crippen LogP) is 25.8. The Bertz CT molecular complexity index is 2110. The van der Waals surface area contributed by atoms with E-state index in [9.17, 15) is 43.2 Å². The third-order valence-corrected chi connectivity index (χ3v) is 21.5. The van der Waals surface area contributed by atoms with Gasteiger partial charge in [-0.3, -0.25) is 37.3 Å². The number of phosphoric ester groups is 2. The highest BCUT2D eigenvalue weighted by molar-refractivity contribution is 7.47. The van der Waals surface area contributed by atoms with Crippen molar-refractivity contribution in [1.29, 1.82) is 0 Å². The van der Waals surface area contributed by atoms with Crippen molar-refractivity contribution in [3.63, 3.8) is 0 Å². The van der Waals surface area contributed by atoms with Gasteiger partial charge in [-0.25, -0.2) is 9.13 Å². The van der Waals surface area contributed by atoms with Crippen molar-refractivity contribution in [2.24, 2.45) is 11.8 Å². The van der Waals surface area contributed by atoms with Gasteiger partial charge in [-0.2, -0.15) is 0 Å². The lowest BCUT2D eigenvalue weighted by Gasteiger charge is -2.21. The summed E-state index contributed by atoms with van der Waals surface area (Å²) in [6.45, 7) is 9.64. The van der Waals surface area contributed by atoms with Gasteiger partial charge in [0.15, 0.2) is 12.2 Å². The summed E-state index contributed by atoms with van der Waals surface area (Å²) in [6.07, 6.45) is 71.8. The van der Waals surface area contributed by atoms with E-state index >= 15 is 0 Å². The van der Waals surface area contributed by atoms with E-state index in [1.54, 1.807) is 0 Å². The molecule has 620 valence electrons. The van der Waals surface area contributed by atoms with E-state index in [-0.39, 0.29) is 25.7 Å². The van der Waals surface area contributed by atoms with E-state index in [0.717, 1.165) is 121 Å². The standard InChI is InChI=1S/C86H164O17P2/c1-7-9-11-13-15-17-18-19-28-36-41-46-52-58-64-70-85(90)102-81(74-96-83(88)68-62-56-50-16-14-12-10-8-2)76-100-104(92,93)98-72-80(87)73-99-105(94,95)101-77-82(103-86(91)71-65-59-53-47-42-37-32-27-23-21-25-30-34-39-44-49-55-61-67-79(5)6)75-97-84(89)69-63-57-51-45-40-35-31-26-22-20-24-29-33-38-43-48-54-60-66-78(3)4/h17-19,28,78-82,87H,7-16,20-27,29-77H2,1-6H3,(H,92,93)(H,94,95)/b18-17-,28-19-/t80-,81+,82+/m0/s1. The second-order valence-electron chi connectivity index (χ2n) is 31.2. The van der Waals surface area contributed by atoms with Crippen molar-refractivity contribution < 1.29 is 80.2 Å². The van der Waals surface area contributed by atoms with E-state index in [0.29, 0.717) is 25.7 Å². The number of rotatable bonds is 83. The van der Waals surface area contributed by atoms with Crippen molar-refractivity contribution in [2.75, 3.05) is 39.6 Å². The summed E-state index contributed by atoms with van der Waals surface area (Å²) < 4.78 is 68.7. The molecule has 0 saturated carbocycles. The molecule has 2 unspecified atom stereocenters. The summed E-state index contributed by atoms with van der Waals surface area (Å²) in [5.41, 5.74) is 0. The van der Waals surface area contributed by atoms with Gasteiger partial charge in [0.1, 0.15) is 19.3 Å². The first-order chi connectivity index (χ1) is 50.9. The molecule has 17 nitrogen and oxygen atoms in total. The fourth-order valence-corrected chi connectivity index (χ4v) is 14.5. The highest BCUT2D eigenvalue weighted by Gasteiger charge is 2.30. The third kappa shape index (κ3) is 79.4. The Balaban J connectivity index is 5.21. The van der Waals surface area contributed by atoms with Crippen molar-refractivity contribution in [3.8, 4) is 0 Å². The lowest BCUT2D eigenvalue weighted by atomic mass is 10.0. The Morgan fingerprint density at radius 3 is 0.781 bits per heavy atom. The van der Waals surface area contributed by atoms with Gasteiger partial charge in [0.25, 0.3) is 0 Å². The number of hydrogen-bond acceptors (Lipinski definition) is 15. The molecule has 0 rings (SSSR count). The van der Waals surface area contributed by atoms with Crippen LogP contribution in [0.25, 0.3) is 0 Å². The second-order valence-corrected chi connectivity index (χ2v) is 34.1. The molecule has 0 bridgehead atoms. The van der Waals surface area contributed by atoms with Gasteiger partial charge in [0, 0.05) is 25.7 Å². The number of esters is 4. The quantitative estimate of drug-likeness (QED) is 0.0169. The monoisotopic (exact) mass is 1530 g/mol. The number of allylic oxidation sites excluding steroid dienone is 4. The zero-order chi connectivity index (χ0) is 77.1. The normalized spacial score (nSPS) is 14.0. The number of carbonyl (C=O) groups excluding carboxylic acids is 4. The van der Waals surface area contributed by atoms with E-state index in [1.165, 1.54) is 231 Å². The number of carbonyl (C=O) groups is 4. The Morgan fingerprint density at radius 2 is 0.514 bits per heavy atom. The van der Waals surface area contributed by atoms with Crippen LogP contribution in [-0.4, -0.2) is 96.7 Å². The molecule has 0 aliphatic rings. The van der Waals surface area contributed by atoms with Gasteiger partial charge in [-0.1, -0.05) is 380 Å². The SMILES string of the molecule is CCCCCC/C=C\C=C/CCCCCCCC(=O)O[C@H](COC(=O)CCCCCCCCCC)COP(=O)(O)OC[C@H](O)COP(=O)(O)OC[C@@H](COC(=O)CCCCCCCCCCCCCCCCCCCCC(C)C)OC(=O)CCCCCCCCCCCCCCCCCCCCC(C)C. The average molecular weight is 1530 g/mol. The van der Waals surface area contributed by atoms with Crippen molar-refractivity contribution in [1.82, 2.24) is 0 Å². The molecule has 0 saturated heterocycles. The molecule has 0 spiro atoms. The first kappa shape index (κ1) is 103. The lowest BCUT2D eigenvalue weighted by Crippen LogP contribution is -2.30. The zero-order valence-electron chi connectivity index (χ0n) is 68.5. The van der Waals surface area contributed by atoms with Crippen molar-refractivity contribution in [2.45, 2.75) is 452 Å². The summed E-state index contributed by atoms with van der Waals surface area (Å²) in [4.78, 5) is 73.1. The van der Waals surface area contributed by atoms with Crippen LogP contribution in [0.2, 0.25) is 0 Å². The maximum absolute atomic E-state index is 13.1. The zero-order valence-corrected chi connectivity index (χ0v) is 70.3. The van der Waals surface area contributed by atoms with Crippen LogP contribution in [0.5, 0.6) is 0 Å². The van der Waals surface area contributed by atoms with E-state index in [1.807, 2.05) is 0 Å². The molecular weight excluding hydrogens is 1370 g/mol. The summed E-state index contributed by atoms with van der Waals surface area (Å²) >= 11 is 0. The van der Waals surface area contributed by atoms with Gasteiger partial charge in [-0.05, 0) is 63.2 Å². The molecule has 0 aromatic heterocycles. The molecule has 5 atom stereocenters. The number of aliphatic hydroxyl groups excluding tert-OH is 1. The summed E-state index contributed by atoms with van der Waals surface area (Å²) in [6, 6.07) is 0. The average Bonchev–Trinajstić information content (AvgIpc) is 0.907. The molecule has 0 heterocycles. The van der Waals surface area contributed by atoms with Crippen LogP contribution < -0.4 is 0 Å². The Kier molecular flexibility index (Phi) is 75.1. The first-order valence-electron chi connectivity index (χ1n) is 43.8. The van der Waals surface area contributed by atoms with E-state index in [4.69, 9.17) is 37.0 Å². The number of ether oxygens (including phenoxy) is 4. The van der Waals surface area contributed by atoms with Gasteiger partial charge < -0.3 is 33.8 Å². The highest BCUT2D eigenvalue weighted by atomic mass is 31.2. The molecule has 105 heavy (non-hydrogen) atoms. The molecule has 0 amide bonds. The minimum absolute atomic E-state index is 0.0851. The van der Waals surface area contributed by atoms with E-state index < -0.39 is 97.5 Å². The van der Waals surface area contributed by atoms with Crippen molar-refractivity contribution >= 4 is 39.5 Å². The van der Waals surface area contributed by atoms with Crippen LogP contribution in [0, 0.1) is 11.8 Å². The molecular formula is C86H164O17P2. The Labute approximate surface area is 643 Å². The Hall–Kier alpha value is -2.46. The van der Waals surface area contributed by atoms with Gasteiger partial charge in [0.2, 0.25) is 0 Å². The van der Waals surface area contributed by atoms with Gasteiger partial charge >= 0.3 is 39.5 Å². The summed E-state index contributed by atoms with van der Waals surface area (Å²) in [5.74, 6) is -0.495. The maximum Gasteiger partial charge on any atom is 0.472 e. The number of hydrogen-bond donors (Lipinski definition) is 3. The Morgan fingerprint density at radius 1 is 0.295 bits per heavy atom. The summed E-state index contributed by atoms with van der Waals surface area (Å²) in [7, 11) is -9.93. The van der Waals surface area contributed by atoms with Crippen LogP contribution >= 0.6 is 15.6 Å². The smallest absolute Gasteiger partial charge is 0.462 e. The molecule has 0 radical (unpaired) electrons. The minimum atomic E-state index is -4.97. The predicted molar refractivity (Wildman–Crippen MR) is 432 cm³/mol. The van der Waals surface area contributed by atoms with Gasteiger partial charge in [0.05, 0.1) is 26.4 Å². The largest absolute Gasteiger partial charge is 0.472 e. The lowest BCUT2D eigenvalue weighted by molar-refractivity contribution is -0.161. The number of phosphoric acid groups is 2. The van der Waals surface area contributed by atoms with Crippen LogP contribution in [0.15, 0.2) is 24.3 Å². The van der Waals surface area contributed by atoms with Crippen LogP contribution in [0.1, 0.15) is 433 Å². The van der Waals surface area contributed by atoms with E-state index in [2.05, 4.69) is 65.8 Å². The highest BCUT2D eigenvalue weighted by Crippen LogP contribution is 2.45. The topological polar surface area (TPSA) is 237 Å². The molecule has 0 aliphatic heterocycles. The number of aliphatic hydroxyl groups is 1. The van der Waals surface area contributed by atoms with Crippen LogP contribution in [-0.2, 0) is 65.4 Å². The fourth-order valence-electron chi connectivity index (χ4n) is 12.9. The molecule has 0 aliphatic carbocycles. The van der Waals surface area contributed by atoms with Crippen molar-refractivity contribution in [3.05, 3.63) is 24.3 Å². The summed E-state index contributed by atoms with van der Waals surface area (Å²) in [5, 5.41) is 10.7. The van der Waals surface area contributed by atoms with Crippen LogP contribution in [0.4, 0.5) is 0 Å². The molecule has 0 fully saturated rings. The minimum Gasteiger partial charge on any atom is -0.462 e. The fraction of sp³-hybridized carbons (Fsp3) is 0.907. The van der Waals surface area contributed by atoms with Crippen LogP contribution in [0.3, 0.4) is 0 Å². The third-order valence-electron chi connectivity index (χ3n) is 19.6. The van der Waals surface area contributed by atoms with Gasteiger partial charge in [-0.15, -0.1) is 0 Å². The molecule has 0 aromatic carbocycles. The molecule has 19 heteroatoms. The second kappa shape index (κ2) is 76.9. The maximum atomic E-state index is 13.1. The number of unbranched alkanes of at least 4 members (excludes halogenated alkanes) is 50. The molecule has 0 aromatic rings.